The first kappa shape index (κ1) is 14.3. The third kappa shape index (κ3) is 3.68. The molecule has 0 atom stereocenters. The van der Waals surface area contributed by atoms with Crippen LogP contribution in [-0.4, -0.2) is 5.78 Å². The second-order valence-electron chi connectivity index (χ2n) is 4.38. The number of Topliss-reactive ketones (excluding diaryl/α,β-unsaturated/α-hetero) is 1. The number of hydrogen-bond donors (Lipinski definition) is 1. The molecule has 3 heteroatoms. The predicted octanol–water partition coefficient (Wildman–Crippen LogP) is 3.61. The van der Waals surface area contributed by atoms with E-state index in [0.717, 1.165) is 5.56 Å². The summed E-state index contributed by atoms with van der Waals surface area (Å²) in [5.41, 5.74) is 7.53. The molecule has 0 amide bonds. The Morgan fingerprint density at radius 2 is 1.71 bits per heavy atom. The maximum Gasteiger partial charge on any atom is 0.205 e. The van der Waals surface area contributed by atoms with Gasteiger partial charge in [-0.15, -0.1) is 0 Å². The van der Waals surface area contributed by atoms with Crippen LogP contribution in [0.2, 0.25) is 0 Å². The zero-order valence-corrected chi connectivity index (χ0v) is 11.4. The number of para-hydroxylation sites is 1. The maximum atomic E-state index is 12.2. The van der Waals surface area contributed by atoms with E-state index in [9.17, 15) is 4.79 Å². The van der Waals surface area contributed by atoms with Crippen LogP contribution < -0.4 is 5.73 Å². The molecule has 102 valence electrons. The topological polar surface area (TPSA) is 66.9 Å². The Balaban J connectivity index is 2.22. The highest BCUT2D eigenvalue weighted by Crippen LogP contribution is 2.15. The van der Waals surface area contributed by atoms with Gasteiger partial charge in [0, 0.05) is 11.3 Å². The van der Waals surface area contributed by atoms with E-state index >= 15 is 0 Å². The van der Waals surface area contributed by atoms with Gasteiger partial charge < -0.3 is 5.73 Å². The quantitative estimate of drug-likeness (QED) is 0.304. The van der Waals surface area contributed by atoms with E-state index in [4.69, 9.17) is 11.0 Å². The van der Waals surface area contributed by atoms with Gasteiger partial charge in [-0.25, -0.2) is 0 Å². The molecule has 0 aromatic heterocycles. The summed E-state index contributed by atoms with van der Waals surface area (Å²) in [6, 6.07) is 18.3. The van der Waals surface area contributed by atoms with Crippen LogP contribution in [0.4, 0.5) is 5.69 Å². The monoisotopic (exact) mass is 274 g/mol. The van der Waals surface area contributed by atoms with Crippen molar-refractivity contribution in [1.82, 2.24) is 0 Å². The van der Waals surface area contributed by atoms with Crippen molar-refractivity contribution in [2.45, 2.75) is 0 Å². The van der Waals surface area contributed by atoms with Gasteiger partial charge in [0.15, 0.2) is 0 Å². The molecule has 0 fully saturated rings. The highest BCUT2D eigenvalue weighted by molar-refractivity contribution is 6.14. The predicted molar refractivity (Wildman–Crippen MR) is 84.4 cm³/mol. The van der Waals surface area contributed by atoms with Gasteiger partial charge in [-0.1, -0.05) is 54.6 Å². The number of benzene rings is 2. The summed E-state index contributed by atoms with van der Waals surface area (Å²) in [5, 5.41) is 9.13. The number of anilines is 1. The summed E-state index contributed by atoms with van der Waals surface area (Å²) in [7, 11) is 0. The fourth-order valence-electron chi connectivity index (χ4n) is 1.83. The van der Waals surface area contributed by atoms with E-state index < -0.39 is 0 Å². The molecule has 0 bridgehead atoms. The Bertz CT molecular complexity index is 737. The molecule has 0 unspecified atom stereocenters. The summed E-state index contributed by atoms with van der Waals surface area (Å²) < 4.78 is 0. The third-order valence-corrected chi connectivity index (χ3v) is 2.92. The van der Waals surface area contributed by atoms with E-state index in [0.29, 0.717) is 11.3 Å². The SMILES string of the molecule is N#CC(=CC=Cc1ccccc1)C(=O)c1ccccc1N. The van der Waals surface area contributed by atoms with E-state index in [-0.39, 0.29) is 11.4 Å². The van der Waals surface area contributed by atoms with Gasteiger partial charge in [0.2, 0.25) is 5.78 Å². The Labute approximate surface area is 123 Å². The molecule has 2 aromatic carbocycles. The van der Waals surface area contributed by atoms with Crippen LogP contribution in [0.15, 0.2) is 72.3 Å². The smallest absolute Gasteiger partial charge is 0.205 e. The molecule has 0 saturated carbocycles. The van der Waals surface area contributed by atoms with Crippen molar-refractivity contribution >= 4 is 17.5 Å². The summed E-state index contributed by atoms with van der Waals surface area (Å²) in [6.45, 7) is 0. The van der Waals surface area contributed by atoms with Crippen molar-refractivity contribution in [2.75, 3.05) is 5.73 Å². The van der Waals surface area contributed by atoms with Crippen LogP contribution >= 0.6 is 0 Å². The normalized spacial score (nSPS) is 11.3. The van der Waals surface area contributed by atoms with E-state index in [1.54, 1.807) is 30.3 Å². The highest BCUT2D eigenvalue weighted by Gasteiger charge is 2.13. The molecule has 2 aromatic rings. The van der Waals surface area contributed by atoms with Crippen LogP contribution in [0, 0.1) is 11.3 Å². The molecule has 2 N–H and O–H groups in total. The summed E-state index contributed by atoms with van der Waals surface area (Å²) in [5.74, 6) is -0.367. The second kappa shape index (κ2) is 6.88. The van der Waals surface area contributed by atoms with Gasteiger partial charge >= 0.3 is 0 Å². The minimum absolute atomic E-state index is 0.0556. The van der Waals surface area contributed by atoms with E-state index in [1.165, 1.54) is 6.08 Å². The van der Waals surface area contributed by atoms with Gasteiger partial charge in [-0.3, -0.25) is 4.79 Å². The van der Waals surface area contributed by atoms with Crippen LogP contribution in [0.25, 0.3) is 6.08 Å². The van der Waals surface area contributed by atoms with Crippen LogP contribution in [-0.2, 0) is 0 Å². The molecule has 0 aliphatic carbocycles. The lowest BCUT2D eigenvalue weighted by Gasteiger charge is -2.02. The minimum Gasteiger partial charge on any atom is -0.398 e. The first-order valence-corrected chi connectivity index (χ1v) is 6.45. The lowest BCUT2D eigenvalue weighted by atomic mass is 10.0. The Hall–Kier alpha value is -3.12. The lowest BCUT2D eigenvalue weighted by Crippen LogP contribution is -2.05. The summed E-state index contributed by atoms with van der Waals surface area (Å²) in [6.07, 6.45) is 5.02. The van der Waals surface area contributed by atoms with Crippen LogP contribution in [0.1, 0.15) is 15.9 Å². The third-order valence-electron chi connectivity index (χ3n) is 2.92. The first-order valence-electron chi connectivity index (χ1n) is 6.45. The van der Waals surface area contributed by atoms with Gasteiger partial charge in [-0.05, 0) is 23.8 Å². The molecule has 0 saturated heterocycles. The zero-order valence-electron chi connectivity index (χ0n) is 11.4. The number of hydrogen-bond acceptors (Lipinski definition) is 3. The van der Waals surface area contributed by atoms with Crippen molar-refractivity contribution in [3.8, 4) is 6.07 Å². The molecule has 0 heterocycles. The first-order chi connectivity index (χ1) is 10.2. The Morgan fingerprint density at radius 3 is 2.38 bits per heavy atom. The molecule has 21 heavy (non-hydrogen) atoms. The fourth-order valence-corrected chi connectivity index (χ4v) is 1.83. The molecule has 0 radical (unpaired) electrons. The van der Waals surface area contributed by atoms with Crippen molar-refractivity contribution < 1.29 is 4.79 Å². The Kier molecular flexibility index (Phi) is 4.68. The average Bonchev–Trinajstić information content (AvgIpc) is 2.52. The van der Waals surface area contributed by atoms with Crippen molar-refractivity contribution in [3.05, 3.63) is 83.4 Å². The van der Waals surface area contributed by atoms with Gasteiger partial charge in [0.05, 0.1) is 0 Å². The highest BCUT2D eigenvalue weighted by atomic mass is 16.1. The number of nitrogen functional groups attached to an aromatic ring is 1. The molecule has 0 aliphatic heterocycles. The number of carbonyl (C=O) groups is 1. The number of nitriles is 1. The fraction of sp³-hybridized carbons (Fsp3) is 0. The van der Waals surface area contributed by atoms with E-state index in [1.807, 2.05) is 42.5 Å². The lowest BCUT2D eigenvalue weighted by molar-refractivity contribution is 0.104. The molecular weight excluding hydrogens is 260 g/mol. The van der Waals surface area contributed by atoms with Gasteiger partial charge in [0.1, 0.15) is 11.6 Å². The maximum absolute atomic E-state index is 12.2. The largest absolute Gasteiger partial charge is 0.398 e. The number of ketones is 1. The van der Waals surface area contributed by atoms with Gasteiger partial charge in [-0.2, -0.15) is 5.26 Å². The van der Waals surface area contributed by atoms with Crippen molar-refractivity contribution in [2.24, 2.45) is 0 Å². The number of carbonyl (C=O) groups excluding carboxylic acids is 1. The summed E-state index contributed by atoms with van der Waals surface area (Å²) >= 11 is 0. The van der Waals surface area contributed by atoms with Crippen LogP contribution in [0.3, 0.4) is 0 Å². The van der Waals surface area contributed by atoms with Crippen molar-refractivity contribution in [3.63, 3.8) is 0 Å². The second-order valence-corrected chi connectivity index (χ2v) is 4.38. The van der Waals surface area contributed by atoms with E-state index in [2.05, 4.69) is 0 Å². The molecule has 2 rings (SSSR count). The Morgan fingerprint density at radius 1 is 1.05 bits per heavy atom. The standard InChI is InChI=1S/C18H14N2O/c19-13-15(10-6-9-14-7-2-1-3-8-14)18(21)16-11-4-5-12-17(16)20/h1-12H,20H2. The number of allylic oxidation sites excluding steroid dienone is 3. The number of nitrogens with two attached hydrogens (primary N) is 1. The molecule has 0 spiro atoms. The summed E-state index contributed by atoms with van der Waals surface area (Å²) in [4.78, 5) is 12.2. The minimum atomic E-state index is -0.367. The average molecular weight is 274 g/mol. The van der Waals surface area contributed by atoms with Crippen molar-refractivity contribution in [1.29, 1.82) is 5.26 Å². The number of nitrogens with zero attached hydrogens (tertiary/aromatic N) is 1. The molecular formula is C18H14N2O. The number of rotatable bonds is 4. The zero-order chi connectivity index (χ0) is 15.1. The molecule has 3 nitrogen and oxygen atoms in total. The molecule has 0 aliphatic rings. The van der Waals surface area contributed by atoms with Crippen LogP contribution in [0.5, 0.6) is 0 Å². The van der Waals surface area contributed by atoms with Gasteiger partial charge in [0.25, 0.3) is 0 Å².